The van der Waals surface area contributed by atoms with Crippen molar-refractivity contribution in [3.63, 3.8) is 0 Å². The van der Waals surface area contributed by atoms with Gasteiger partial charge in [-0.3, -0.25) is 4.79 Å². The van der Waals surface area contributed by atoms with Crippen molar-refractivity contribution in [2.24, 2.45) is 10.7 Å². The smallest absolute Gasteiger partial charge is 0.255 e. The van der Waals surface area contributed by atoms with Gasteiger partial charge in [0.05, 0.1) is 21.9 Å². The minimum absolute atomic E-state index is 0.244. The number of aliphatic imine (C=N–C) groups is 1. The number of benzene rings is 2. The van der Waals surface area contributed by atoms with E-state index in [1.807, 2.05) is 24.3 Å². The third-order valence-electron chi connectivity index (χ3n) is 5.67. The van der Waals surface area contributed by atoms with Crippen LogP contribution in [0.25, 0.3) is 0 Å². The lowest BCUT2D eigenvalue weighted by Gasteiger charge is -2.45. The maximum atomic E-state index is 11.1. The van der Waals surface area contributed by atoms with E-state index in [0.717, 1.165) is 43.0 Å². The number of amidine groups is 1. The fourth-order valence-electron chi connectivity index (χ4n) is 3.94. The van der Waals surface area contributed by atoms with E-state index in [0.29, 0.717) is 28.0 Å². The van der Waals surface area contributed by atoms with Crippen LogP contribution in [-0.2, 0) is 11.3 Å². The molecule has 0 unspecified atom stereocenters. The van der Waals surface area contributed by atoms with Gasteiger partial charge in [0.25, 0.3) is 5.91 Å². The van der Waals surface area contributed by atoms with Crippen LogP contribution in [0.2, 0.25) is 10.0 Å². The van der Waals surface area contributed by atoms with E-state index in [2.05, 4.69) is 22.6 Å². The number of carbonyl (C=O) groups excluding carboxylic acids is 1. The van der Waals surface area contributed by atoms with Crippen LogP contribution < -0.4 is 21.1 Å². The van der Waals surface area contributed by atoms with Crippen molar-refractivity contribution in [1.82, 2.24) is 10.2 Å². The lowest BCUT2D eigenvalue weighted by atomic mass is 9.84. The van der Waals surface area contributed by atoms with Crippen molar-refractivity contribution >= 4 is 46.3 Å². The molecule has 9 heteroatoms. The summed E-state index contributed by atoms with van der Waals surface area (Å²) in [6, 6.07) is 11.3. The van der Waals surface area contributed by atoms with E-state index in [1.54, 1.807) is 12.1 Å². The summed E-state index contributed by atoms with van der Waals surface area (Å²) in [6.45, 7) is 2.26. The quantitative estimate of drug-likeness (QED) is 0.632. The molecule has 164 valence electrons. The zero-order chi connectivity index (χ0) is 22.0. The van der Waals surface area contributed by atoms with Crippen LogP contribution >= 0.6 is 23.2 Å². The van der Waals surface area contributed by atoms with Crippen molar-refractivity contribution in [3.05, 3.63) is 52.0 Å². The summed E-state index contributed by atoms with van der Waals surface area (Å²) in [7, 11) is 2.12. The summed E-state index contributed by atoms with van der Waals surface area (Å²) in [6.07, 6.45) is 1.81. The van der Waals surface area contributed by atoms with E-state index in [9.17, 15) is 4.79 Å². The largest absolute Gasteiger partial charge is 0.482 e. The Balaban J connectivity index is 1.65. The predicted molar refractivity (Wildman–Crippen MR) is 125 cm³/mol. The highest BCUT2D eigenvalue weighted by Crippen LogP contribution is 2.43. The molecule has 1 amide bonds. The molecule has 0 saturated carbocycles. The summed E-state index contributed by atoms with van der Waals surface area (Å²) in [5, 5.41) is 8.32. The minimum atomic E-state index is -0.565. The summed E-state index contributed by atoms with van der Waals surface area (Å²) >= 11 is 12.5. The molecule has 2 aliphatic rings. The van der Waals surface area contributed by atoms with Gasteiger partial charge < -0.3 is 26.0 Å². The molecule has 7 nitrogen and oxygen atoms in total. The molecule has 1 saturated heterocycles. The number of nitrogens with two attached hydrogens (primary N) is 1. The van der Waals surface area contributed by atoms with Crippen LogP contribution in [0.4, 0.5) is 11.4 Å². The molecule has 31 heavy (non-hydrogen) atoms. The van der Waals surface area contributed by atoms with E-state index in [1.165, 1.54) is 0 Å². The number of hydrogen-bond donors (Lipinski definition) is 3. The second-order valence-electron chi connectivity index (χ2n) is 8.01. The highest BCUT2D eigenvalue weighted by molar-refractivity contribution is 6.32. The molecule has 0 aliphatic carbocycles. The fourth-order valence-corrected chi connectivity index (χ4v) is 4.37. The number of ether oxygens (including phenoxy) is 1. The van der Waals surface area contributed by atoms with Gasteiger partial charge in [0.1, 0.15) is 11.6 Å². The molecule has 0 radical (unpaired) electrons. The Morgan fingerprint density at radius 3 is 2.77 bits per heavy atom. The van der Waals surface area contributed by atoms with E-state index < -0.39 is 5.91 Å². The molecule has 4 rings (SSSR count). The molecule has 0 atom stereocenters. The van der Waals surface area contributed by atoms with Crippen molar-refractivity contribution in [3.8, 4) is 5.75 Å². The number of halogens is 2. The van der Waals surface area contributed by atoms with Crippen molar-refractivity contribution in [2.45, 2.75) is 24.9 Å². The monoisotopic (exact) mass is 461 g/mol. The van der Waals surface area contributed by atoms with Crippen molar-refractivity contribution in [2.75, 3.05) is 32.1 Å². The first-order chi connectivity index (χ1) is 14.8. The third-order valence-corrected chi connectivity index (χ3v) is 6.20. The van der Waals surface area contributed by atoms with Gasteiger partial charge in [0.2, 0.25) is 0 Å². The van der Waals surface area contributed by atoms with Gasteiger partial charge in [0.15, 0.2) is 6.61 Å². The number of carbonyl (C=O) groups is 1. The highest BCUT2D eigenvalue weighted by Gasteiger charge is 2.41. The predicted octanol–water partition coefficient (Wildman–Crippen LogP) is 3.57. The SMILES string of the molecule is CN1CCC2(CC1)Nc1cc(Cl)c(OCC(N)=O)cc1N=C2NCc1cccc(Cl)c1. The minimum Gasteiger partial charge on any atom is -0.482 e. The summed E-state index contributed by atoms with van der Waals surface area (Å²) < 4.78 is 5.45. The van der Waals surface area contributed by atoms with Crippen molar-refractivity contribution < 1.29 is 9.53 Å². The number of nitrogens with one attached hydrogen (secondary N) is 2. The van der Waals surface area contributed by atoms with E-state index in [-0.39, 0.29) is 12.1 Å². The van der Waals surface area contributed by atoms with Crippen molar-refractivity contribution in [1.29, 1.82) is 0 Å². The lowest BCUT2D eigenvalue weighted by molar-refractivity contribution is -0.119. The number of fused-ring (bicyclic) bond motifs is 1. The number of piperidine rings is 1. The molecule has 0 bridgehead atoms. The molecular weight excluding hydrogens is 437 g/mol. The standard InChI is InChI=1S/C22H25Cl2N5O2/c1-29-7-5-22(6-8-29)21(26-12-14-3-2-4-15(23)9-14)27-17-11-19(31-13-20(25)30)16(24)10-18(17)28-22/h2-4,9-11,28H,5-8,12-13H2,1H3,(H2,25,30)(H,26,27). The molecule has 2 aromatic rings. The van der Waals surface area contributed by atoms with Gasteiger partial charge in [-0.2, -0.15) is 0 Å². The van der Waals surface area contributed by atoms with Gasteiger partial charge in [-0.15, -0.1) is 0 Å². The van der Waals surface area contributed by atoms with Crippen LogP contribution in [0.15, 0.2) is 41.4 Å². The second-order valence-corrected chi connectivity index (χ2v) is 8.85. The van der Waals surface area contributed by atoms with Gasteiger partial charge in [-0.1, -0.05) is 35.3 Å². The number of anilines is 1. The first-order valence-corrected chi connectivity index (χ1v) is 10.9. The zero-order valence-corrected chi connectivity index (χ0v) is 18.8. The Hall–Kier alpha value is -2.48. The molecule has 0 aromatic heterocycles. The molecule has 4 N–H and O–H groups in total. The Bertz CT molecular complexity index is 1020. The number of amides is 1. The number of nitrogens with zero attached hydrogens (tertiary/aromatic N) is 2. The Morgan fingerprint density at radius 2 is 2.06 bits per heavy atom. The third kappa shape index (κ3) is 4.89. The number of hydrogen-bond acceptors (Lipinski definition) is 6. The molecule has 2 aliphatic heterocycles. The molecule has 2 aromatic carbocycles. The highest BCUT2D eigenvalue weighted by atomic mass is 35.5. The summed E-state index contributed by atoms with van der Waals surface area (Å²) in [4.78, 5) is 18.3. The topological polar surface area (TPSA) is 92.0 Å². The van der Waals surface area contributed by atoms with Crippen LogP contribution in [0.3, 0.4) is 0 Å². The Labute approximate surface area is 191 Å². The lowest BCUT2D eigenvalue weighted by Crippen LogP contribution is -2.58. The average molecular weight is 462 g/mol. The van der Waals surface area contributed by atoms with Gasteiger partial charge in [-0.05, 0) is 43.7 Å². The molecule has 1 spiro atoms. The van der Waals surface area contributed by atoms with Gasteiger partial charge >= 0.3 is 0 Å². The van der Waals surface area contributed by atoms with Crippen LogP contribution in [0, 0.1) is 0 Å². The number of primary amides is 1. The molecule has 2 heterocycles. The first kappa shape index (κ1) is 21.7. The average Bonchev–Trinajstić information content (AvgIpc) is 2.73. The van der Waals surface area contributed by atoms with Gasteiger partial charge in [-0.25, -0.2) is 4.99 Å². The van der Waals surface area contributed by atoms with Crippen LogP contribution in [0.5, 0.6) is 5.75 Å². The maximum absolute atomic E-state index is 11.1. The second kappa shape index (κ2) is 8.94. The van der Waals surface area contributed by atoms with Crippen LogP contribution in [0.1, 0.15) is 18.4 Å². The summed E-state index contributed by atoms with van der Waals surface area (Å²) in [5.41, 5.74) is 7.49. The van der Waals surface area contributed by atoms with Crippen LogP contribution in [-0.4, -0.2) is 48.9 Å². The number of likely N-dealkylation sites (tertiary alicyclic amines) is 1. The summed E-state index contributed by atoms with van der Waals surface area (Å²) in [5.74, 6) is 0.680. The first-order valence-electron chi connectivity index (χ1n) is 10.1. The fraction of sp³-hybridized carbons (Fsp3) is 0.364. The molecule has 1 fully saturated rings. The van der Waals surface area contributed by atoms with E-state index >= 15 is 0 Å². The van der Waals surface area contributed by atoms with Gasteiger partial charge in [0, 0.05) is 30.7 Å². The molecular formula is C22H25Cl2N5O2. The Kier molecular flexibility index (Phi) is 6.27. The Morgan fingerprint density at radius 1 is 1.29 bits per heavy atom. The van der Waals surface area contributed by atoms with E-state index in [4.69, 9.17) is 38.7 Å². The maximum Gasteiger partial charge on any atom is 0.255 e. The number of rotatable bonds is 5. The normalized spacial score (nSPS) is 17.5. The zero-order valence-electron chi connectivity index (χ0n) is 17.3.